The van der Waals surface area contributed by atoms with Crippen molar-refractivity contribution >= 4 is 22.5 Å². The molecule has 2 heterocycles. The summed E-state index contributed by atoms with van der Waals surface area (Å²) in [4.78, 5) is 24.5. The fourth-order valence-corrected chi connectivity index (χ4v) is 2.45. The van der Waals surface area contributed by atoms with Crippen LogP contribution in [-0.4, -0.2) is 39.2 Å². The number of benzene rings is 1. The number of nitrogens with one attached hydrogen (secondary N) is 1. The normalized spacial score (nSPS) is 10.9. The van der Waals surface area contributed by atoms with E-state index in [0.29, 0.717) is 42.7 Å². The number of methoxy groups -OCH3 is 1. The largest absolute Gasteiger partial charge is 0.383 e. The van der Waals surface area contributed by atoms with Crippen LogP contribution in [0.3, 0.4) is 0 Å². The Morgan fingerprint density at radius 2 is 2.04 bits per heavy atom. The fourth-order valence-electron chi connectivity index (χ4n) is 2.45. The van der Waals surface area contributed by atoms with Crippen molar-refractivity contribution in [2.24, 2.45) is 0 Å². The van der Waals surface area contributed by atoms with Gasteiger partial charge in [-0.2, -0.15) is 0 Å². The second kappa shape index (κ2) is 7.71. The molecule has 130 valence electrons. The van der Waals surface area contributed by atoms with Gasteiger partial charge in [-0.15, -0.1) is 5.10 Å². The summed E-state index contributed by atoms with van der Waals surface area (Å²) in [5.41, 5.74) is 0.794. The van der Waals surface area contributed by atoms with E-state index in [1.807, 2.05) is 29.1 Å². The molecule has 1 amide bonds. The summed E-state index contributed by atoms with van der Waals surface area (Å²) < 4.78 is 8.15. The van der Waals surface area contributed by atoms with Crippen LogP contribution in [0.5, 0.6) is 0 Å². The van der Waals surface area contributed by atoms with Crippen molar-refractivity contribution in [2.45, 2.75) is 19.5 Å². The van der Waals surface area contributed by atoms with Crippen LogP contribution in [-0.2, 0) is 22.6 Å². The minimum atomic E-state index is -0.259. The van der Waals surface area contributed by atoms with E-state index in [0.717, 1.165) is 0 Å². The van der Waals surface area contributed by atoms with Gasteiger partial charge in [0, 0.05) is 38.2 Å². The zero-order valence-corrected chi connectivity index (χ0v) is 13.9. The summed E-state index contributed by atoms with van der Waals surface area (Å²) in [5, 5.41) is 11.1. The lowest BCUT2D eigenvalue weighted by atomic mass is 10.2. The molecule has 0 radical (unpaired) electrons. The van der Waals surface area contributed by atoms with Crippen LogP contribution in [0.2, 0.25) is 0 Å². The van der Waals surface area contributed by atoms with E-state index in [-0.39, 0.29) is 11.5 Å². The average Bonchev–Trinajstić information content (AvgIpc) is 3.13. The molecule has 0 saturated heterocycles. The van der Waals surface area contributed by atoms with Gasteiger partial charge in [-0.1, -0.05) is 5.21 Å². The van der Waals surface area contributed by atoms with Crippen molar-refractivity contribution in [1.82, 2.24) is 19.6 Å². The van der Waals surface area contributed by atoms with Crippen molar-refractivity contribution in [1.29, 1.82) is 0 Å². The molecular weight excluding hydrogens is 322 g/mol. The maximum absolute atomic E-state index is 12.4. The van der Waals surface area contributed by atoms with Gasteiger partial charge in [0.15, 0.2) is 0 Å². The van der Waals surface area contributed by atoms with Crippen LogP contribution in [0, 0.1) is 0 Å². The summed E-state index contributed by atoms with van der Waals surface area (Å²) in [6.07, 6.45) is 4.16. The average molecular weight is 341 g/mol. The molecular formula is C17H19N5O3. The molecule has 0 aliphatic heterocycles. The first-order valence-corrected chi connectivity index (χ1v) is 7.94. The predicted molar refractivity (Wildman–Crippen MR) is 93.4 cm³/mol. The van der Waals surface area contributed by atoms with E-state index in [1.165, 1.54) is 4.68 Å². The molecule has 25 heavy (non-hydrogen) atoms. The highest BCUT2D eigenvalue weighted by molar-refractivity contribution is 5.93. The second-order valence-corrected chi connectivity index (χ2v) is 5.56. The van der Waals surface area contributed by atoms with E-state index in [9.17, 15) is 9.59 Å². The Morgan fingerprint density at radius 1 is 1.24 bits per heavy atom. The van der Waals surface area contributed by atoms with Crippen molar-refractivity contribution < 1.29 is 9.53 Å². The van der Waals surface area contributed by atoms with Gasteiger partial charge in [-0.05, 0) is 30.3 Å². The van der Waals surface area contributed by atoms with E-state index in [2.05, 4.69) is 15.6 Å². The minimum Gasteiger partial charge on any atom is -0.383 e. The highest BCUT2D eigenvalue weighted by atomic mass is 16.5. The smallest absolute Gasteiger partial charge is 0.277 e. The Balaban J connectivity index is 1.74. The lowest BCUT2D eigenvalue weighted by molar-refractivity contribution is -0.116. The number of aromatic nitrogens is 4. The third-order valence-corrected chi connectivity index (χ3v) is 3.78. The fraction of sp³-hybridized carbons (Fsp3) is 0.294. The van der Waals surface area contributed by atoms with Gasteiger partial charge in [0.25, 0.3) is 5.56 Å². The lowest BCUT2D eigenvalue weighted by Gasteiger charge is -2.08. The summed E-state index contributed by atoms with van der Waals surface area (Å²) in [5.74, 6) is -0.116. The first-order valence-electron chi connectivity index (χ1n) is 7.94. The van der Waals surface area contributed by atoms with E-state index in [1.54, 1.807) is 25.3 Å². The van der Waals surface area contributed by atoms with Gasteiger partial charge < -0.3 is 14.6 Å². The van der Waals surface area contributed by atoms with Gasteiger partial charge in [0.05, 0.1) is 18.5 Å². The first kappa shape index (κ1) is 16.8. The molecule has 0 aliphatic rings. The topological polar surface area (TPSA) is 91.0 Å². The number of aryl methyl sites for hydroxylation is 1. The van der Waals surface area contributed by atoms with Gasteiger partial charge >= 0.3 is 0 Å². The molecule has 0 spiro atoms. The Hall–Kier alpha value is -3.00. The third-order valence-electron chi connectivity index (χ3n) is 3.78. The van der Waals surface area contributed by atoms with Gasteiger partial charge in [0.2, 0.25) is 5.91 Å². The molecule has 0 unspecified atom stereocenters. The van der Waals surface area contributed by atoms with E-state index < -0.39 is 0 Å². The van der Waals surface area contributed by atoms with Crippen LogP contribution in [0.1, 0.15) is 6.42 Å². The van der Waals surface area contributed by atoms with Crippen molar-refractivity contribution in [2.75, 3.05) is 19.0 Å². The maximum Gasteiger partial charge on any atom is 0.277 e. The summed E-state index contributed by atoms with van der Waals surface area (Å²) in [6.45, 7) is 1.29. The summed E-state index contributed by atoms with van der Waals surface area (Å²) in [6, 6.07) is 8.84. The molecule has 0 atom stereocenters. The highest BCUT2D eigenvalue weighted by Gasteiger charge is 2.08. The molecule has 0 fully saturated rings. The molecule has 0 bridgehead atoms. The number of fused-ring (bicyclic) bond motifs is 1. The van der Waals surface area contributed by atoms with Crippen LogP contribution >= 0.6 is 0 Å². The molecule has 1 N–H and O–H groups in total. The van der Waals surface area contributed by atoms with Crippen LogP contribution in [0.15, 0.2) is 47.5 Å². The molecule has 8 nitrogen and oxygen atoms in total. The third kappa shape index (κ3) is 4.10. The zero-order valence-electron chi connectivity index (χ0n) is 13.9. The van der Waals surface area contributed by atoms with E-state index >= 15 is 0 Å². The van der Waals surface area contributed by atoms with Gasteiger partial charge in [-0.25, -0.2) is 4.68 Å². The van der Waals surface area contributed by atoms with Crippen LogP contribution < -0.4 is 10.9 Å². The number of amides is 1. The monoisotopic (exact) mass is 341 g/mol. The number of carbonyl (C=O) groups excluding carboxylic acids is 1. The number of rotatable bonds is 7. The molecule has 8 heteroatoms. The molecule has 3 aromatic rings. The van der Waals surface area contributed by atoms with Crippen molar-refractivity contribution in [3.63, 3.8) is 0 Å². The Bertz CT molecular complexity index is 918. The quantitative estimate of drug-likeness (QED) is 0.699. The number of hydrogen-bond acceptors (Lipinski definition) is 5. The second-order valence-electron chi connectivity index (χ2n) is 5.56. The van der Waals surface area contributed by atoms with E-state index in [4.69, 9.17) is 4.74 Å². The minimum absolute atomic E-state index is 0.116. The van der Waals surface area contributed by atoms with Crippen LogP contribution in [0.4, 0.5) is 5.69 Å². The Kier molecular flexibility index (Phi) is 5.20. The zero-order chi connectivity index (χ0) is 17.6. The Morgan fingerprint density at radius 3 is 2.80 bits per heavy atom. The summed E-state index contributed by atoms with van der Waals surface area (Å²) in [7, 11) is 1.56. The number of carbonyl (C=O) groups is 1. The van der Waals surface area contributed by atoms with Crippen molar-refractivity contribution in [3.8, 4) is 0 Å². The molecule has 2 aromatic heterocycles. The molecule has 0 aliphatic carbocycles. The molecule has 1 aromatic carbocycles. The molecule has 0 saturated carbocycles. The number of ether oxygens (including phenoxy) is 1. The van der Waals surface area contributed by atoms with Gasteiger partial charge in [0.1, 0.15) is 5.52 Å². The standard InChI is InChI=1S/C17H19N5O3/c1-25-11-10-22-17(24)14-12-13(4-5-15(14)19-20-22)18-16(23)6-9-21-7-2-3-8-21/h2-5,7-8,12H,6,9-11H2,1H3,(H,18,23). The van der Waals surface area contributed by atoms with Gasteiger partial charge in [-0.3, -0.25) is 9.59 Å². The number of nitrogens with zero attached hydrogens (tertiary/aromatic N) is 4. The SMILES string of the molecule is COCCn1nnc2ccc(NC(=O)CCn3cccc3)cc2c1=O. The first-order chi connectivity index (χ1) is 12.2. The number of anilines is 1. The highest BCUT2D eigenvalue weighted by Crippen LogP contribution is 2.14. The molecule has 3 rings (SSSR count). The predicted octanol–water partition coefficient (Wildman–Crippen LogP) is 1.27. The summed E-state index contributed by atoms with van der Waals surface area (Å²) >= 11 is 0. The Labute approximate surface area is 144 Å². The lowest BCUT2D eigenvalue weighted by Crippen LogP contribution is -2.26. The number of hydrogen-bond donors (Lipinski definition) is 1. The maximum atomic E-state index is 12.4. The van der Waals surface area contributed by atoms with Crippen LogP contribution in [0.25, 0.3) is 10.9 Å². The van der Waals surface area contributed by atoms with Crippen molar-refractivity contribution in [3.05, 3.63) is 53.1 Å².